The van der Waals surface area contributed by atoms with Crippen LogP contribution in [0.2, 0.25) is 0 Å². The molecule has 0 atom stereocenters. The fourth-order valence-corrected chi connectivity index (χ4v) is 2.35. The highest BCUT2D eigenvalue weighted by atomic mass is 32.2. The lowest BCUT2D eigenvalue weighted by atomic mass is 10.2. The Morgan fingerprint density at radius 3 is 2.69 bits per heavy atom. The molecule has 16 heavy (non-hydrogen) atoms. The van der Waals surface area contributed by atoms with Gasteiger partial charge in [0.2, 0.25) is 5.88 Å². The van der Waals surface area contributed by atoms with E-state index < -0.39 is 15.9 Å². The molecule has 0 aliphatic heterocycles. The van der Waals surface area contributed by atoms with E-state index in [9.17, 15) is 13.5 Å². The summed E-state index contributed by atoms with van der Waals surface area (Å²) in [6, 6.07) is 1.35. The predicted octanol–water partition coefficient (Wildman–Crippen LogP) is -0.370. The Balaban J connectivity index is 3.04. The molecule has 2 heterocycles. The van der Waals surface area contributed by atoms with Crippen LogP contribution in [0.1, 0.15) is 5.69 Å². The van der Waals surface area contributed by atoms with Crippen molar-refractivity contribution in [3.8, 4) is 5.88 Å². The van der Waals surface area contributed by atoms with Crippen molar-refractivity contribution in [3.05, 3.63) is 11.8 Å². The van der Waals surface area contributed by atoms with Crippen molar-refractivity contribution in [1.29, 1.82) is 0 Å². The number of aryl methyl sites for hydroxylation is 2. The molecule has 0 unspecified atom stereocenters. The number of rotatable bonds is 1. The Kier molecular flexibility index (Phi) is 2.14. The van der Waals surface area contributed by atoms with Gasteiger partial charge in [-0.05, 0) is 6.92 Å². The third-order valence-corrected chi connectivity index (χ3v) is 3.05. The maximum Gasteiger partial charge on any atom is 0.257 e. The van der Waals surface area contributed by atoms with Gasteiger partial charge in [0.15, 0.2) is 5.03 Å². The van der Waals surface area contributed by atoms with Gasteiger partial charge in [-0.2, -0.15) is 10.1 Å². The molecule has 86 valence electrons. The molecule has 0 fully saturated rings. The van der Waals surface area contributed by atoms with Gasteiger partial charge in [0.1, 0.15) is 5.52 Å². The smallest absolute Gasteiger partial charge is 0.257 e. The molecule has 0 saturated carbocycles. The number of hydrogen-bond acceptors (Lipinski definition) is 5. The lowest BCUT2D eigenvalue weighted by molar-refractivity contribution is 0.448. The van der Waals surface area contributed by atoms with Crippen LogP contribution in [-0.4, -0.2) is 28.3 Å². The van der Waals surface area contributed by atoms with Crippen molar-refractivity contribution < 1.29 is 13.5 Å². The van der Waals surface area contributed by atoms with E-state index in [0.29, 0.717) is 11.1 Å². The molecule has 2 rings (SSSR count). The number of fused-ring (bicyclic) bond motifs is 1. The van der Waals surface area contributed by atoms with E-state index in [1.54, 1.807) is 14.0 Å². The van der Waals surface area contributed by atoms with Crippen LogP contribution in [-0.2, 0) is 17.1 Å². The van der Waals surface area contributed by atoms with Gasteiger partial charge in [-0.3, -0.25) is 4.68 Å². The third kappa shape index (κ3) is 1.51. The highest BCUT2D eigenvalue weighted by Gasteiger charge is 2.20. The van der Waals surface area contributed by atoms with E-state index in [2.05, 4.69) is 10.1 Å². The molecule has 0 aliphatic carbocycles. The Morgan fingerprint density at radius 1 is 1.50 bits per heavy atom. The van der Waals surface area contributed by atoms with Crippen molar-refractivity contribution in [1.82, 2.24) is 14.8 Å². The molecule has 8 heteroatoms. The molecule has 0 bridgehead atoms. The first-order valence-corrected chi connectivity index (χ1v) is 5.91. The number of aromatic hydroxyl groups is 1. The minimum atomic E-state index is -3.99. The molecular formula is C8H10N4O3S. The van der Waals surface area contributed by atoms with Crippen LogP contribution in [0.4, 0.5) is 0 Å². The van der Waals surface area contributed by atoms with Crippen LogP contribution in [0.15, 0.2) is 11.1 Å². The van der Waals surface area contributed by atoms with Crippen molar-refractivity contribution in [3.63, 3.8) is 0 Å². The summed E-state index contributed by atoms with van der Waals surface area (Å²) in [6.07, 6.45) is 0. The van der Waals surface area contributed by atoms with E-state index in [1.165, 1.54) is 10.7 Å². The minimum Gasteiger partial charge on any atom is -0.493 e. The summed E-state index contributed by atoms with van der Waals surface area (Å²) in [7, 11) is -2.41. The largest absolute Gasteiger partial charge is 0.493 e. The van der Waals surface area contributed by atoms with E-state index in [1.807, 2.05) is 0 Å². The Morgan fingerprint density at radius 2 is 2.12 bits per heavy atom. The van der Waals surface area contributed by atoms with Crippen LogP contribution in [0.3, 0.4) is 0 Å². The van der Waals surface area contributed by atoms with E-state index in [-0.39, 0.29) is 10.5 Å². The van der Waals surface area contributed by atoms with Gasteiger partial charge in [0, 0.05) is 18.5 Å². The predicted molar refractivity (Wildman–Crippen MR) is 56.3 cm³/mol. The number of primary sulfonamides is 1. The molecule has 0 amide bonds. The lowest BCUT2D eigenvalue weighted by Crippen LogP contribution is -2.15. The second kappa shape index (κ2) is 3.16. The van der Waals surface area contributed by atoms with Crippen molar-refractivity contribution in [2.75, 3.05) is 0 Å². The zero-order valence-corrected chi connectivity index (χ0v) is 9.48. The Bertz CT molecular complexity index is 674. The standard InChI is InChI=1S/C8H10N4O3S/c1-4-5-3-6(13)10-8(16(9,14)15)7(5)12(2)11-4/h3H,1-2H3,(H,10,13)(H2,9,14,15). The minimum absolute atomic E-state index is 0.290. The van der Waals surface area contributed by atoms with Crippen LogP contribution in [0.5, 0.6) is 5.88 Å². The van der Waals surface area contributed by atoms with Gasteiger partial charge in [-0.1, -0.05) is 0 Å². The zero-order valence-electron chi connectivity index (χ0n) is 8.67. The summed E-state index contributed by atoms with van der Waals surface area (Å²) in [5, 5.41) is 18.6. The molecule has 2 aromatic rings. The quantitative estimate of drug-likeness (QED) is 0.708. The van der Waals surface area contributed by atoms with Gasteiger partial charge in [-0.25, -0.2) is 13.6 Å². The van der Waals surface area contributed by atoms with Gasteiger partial charge >= 0.3 is 0 Å². The molecule has 0 radical (unpaired) electrons. The Labute approximate surface area is 91.6 Å². The molecule has 0 aliphatic rings. The lowest BCUT2D eigenvalue weighted by Gasteiger charge is -2.02. The average Bonchev–Trinajstić information content (AvgIpc) is 2.40. The summed E-state index contributed by atoms with van der Waals surface area (Å²) in [4.78, 5) is 3.53. The molecule has 7 nitrogen and oxygen atoms in total. The molecular weight excluding hydrogens is 232 g/mol. The summed E-state index contributed by atoms with van der Waals surface area (Å²) >= 11 is 0. The summed E-state index contributed by atoms with van der Waals surface area (Å²) in [6.45, 7) is 1.70. The zero-order chi connectivity index (χ0) is 12.1. The van der Waals surface area contributed by atoms with Gasteiger partial charge in [0.05, 0.1) is 5.69 Å². The van der Waals surface area contributed by atoms with Crippen LogP contribution in [0.25, 0.3) is 10.9 Å². The number of hydrogen-bond donors (Lipinski definition) is 2. The number of aromatic nitrogens is 3. The average molecular weight is 242 g/mol. The fourth-order valence-electron chi connectivity index (χ4n) is 1.62. The second-order valence-corrected chi connectivity index (χ2v) is 4.91. The first kappa shape index (κ1) is 10.8. The normalized spacial score (nSPS) is 12.2. The van der Waals surface area contributed by atoms with Crippen molar-refractivity contribution in [2.45, 2.75) is 11.9 Å². The van der Waals surface area contributed by atoms with Crippen LogP contribution < -0.4 is 5.14 Å². The molecule has 3 N–H and O–H groups in total. The monoisotopic (exact) mass is 242 g/mol. The summed E-state index contributed by atoms with van der Waals surface area (Å²) < 4.78 is 24.0. The maximum atomic E-state index is 11.3. The van der Waals surface area contributed by atoms with Gasteiger partial charge < -0.3 is 5.11 Å². The second-order valence-electron chi connectivity index (χ2n) is 3.44. The number of pyridine rings is 1. The molecule has 0 aromatic carbocycles. The van der Waals surface area contributed by atoms with E-state index in [4.69, 9.17) is 5.14 Å². The van der Waals surface area contributed by atoms with Gasteiger partial charge in [-0.15, -0.1) is 0 Å². The maximum absolute atomic E-state index is 11.3. The van der Waals surface area contributed by atoms with Crippen molar-refractivity contribution >= 4 is 20.9 Å². The first-order chi connectivity index (χ1) is 7.30. The molecule has 0 saturated heterocycles. The molecule has 0 spiro atoms. The highest BCUT2D eigenvalue weighted by Crippen LogP contribution is 2.25. The van der Waals surface area contributed by atoms with Crippen LogP contribution >= 0.6 is 0 Å². The number of nitrogens with two attached hydrogens (primary N) is 1. The third-order valence-electron chi connectivity index (χ3n) is 2.23. The topological polar surface area (TPSA) is 111 Å². The first-order valence-electron chi connectivity index (χ1n) is 4.37. The number of sulfonamides is 1. The summed E-state index contributed by atoms with van der Waals surface area (Å²) in [5.74, 6) is -0.396. The van der Waals surface area contributed by atoms with Crippen LogP contribution in [0, 0.1) is 6.92 Å². The van der Waals surface area contributed by atoms with Gasteiger partial charge in [0.25, 0.3) is 10.0 Å². The van der Waals surface area contributed by atoms with Crippen molar-refractivity contribution in [2.24, 2.45) is 12.2 Å². The molecule has 2 aromatic heterocycles. The van der Waals surface area contributed by atoms with E-state index in [0.717, 1.165) is 0 Å². The SMILES string of the molecule is Cc1nn(C)c2c(S(N)(=O)=O)nc(O)cc12. The summed E-state index contributed by atoms with van der Waals surface area (Å²) in [5.41, 5.74) is 0.887. The van der Waals surface area contributed by atoms with E-state index >= 15 is 0 Å². The number of nitrogens with zero attached hydrogens (tertiary/aromatic N) is 3. The highest BCUT2D eigenvalue weighted by molar-refractivity contribution is 7.89. The Hall–Kier alpha value is -1.67. The fraction of sp³-hybridized carbons (Fsp3) is 0.250.